The van der Waals surface area contributed by atoms with E-state index in [1.54, 1.807) is 17.0 Å². The van der Waals surface area contributed by atoms with E-state index in [0.29, 0.717) is 26.2 Å². The Balaban J connectivity index is 1.86. The molecule has 0 spiro atoms. The number of carboxylic acids is 1. The van der Waals surface area contributed by atoms with E-state index in [0.717, 1.165) is 5.69 Å². The highest BCUT2D eigenvalue weighted by atomic mass is 19.1. The molecule has 126 valence electrons. The van der Waals surface area contributed by atoms with Gasteiger partial charge >= 0.3 is 12.0 Å². The standard InChI is InChI=1S/C15H20FN3O4/c1-23-13-10-11(2-3-12(13)16)18-6-8-19(9-7-18)15(22)17-5-4-14(20)21/h2-3,10H,4-9H2,1H3,(H,17,22)(H,20,21). The number of halogens is 1. The number of nitrogens with zero attached hydrogens (tertiary/aromatic N) is 2. The Morgan fingerprint density at radius 1 is 1.30 bits per heavy atom. The highest BCUT2D eigenvalue weighted by Crippen LogP contribution is 2.25. The number of hydrogen-bond donors (Lipinski definition) is 2. The van der Waals surface area contributed by atoms with E-state index in [1.165, 1.54) is 13.2 Å². The Labute approximate surface area is 133 Å². The number of anilines is 1. The second-order valence-corrected chi connectivity index (χ2v) is 5.17. The van der Waals surface area contributed by atoms with Crippen LogP contribution in [0.15, 0.2) is 18.2 Å². The van der Waals surface area contributed by atoms with Crippen molar-refractivity contribution >= 4 is 17.7 Å². The summed E-state index contributed by atoms with van der Waals surface area (Å²) in [6.45, 7) is 2.36. The number of aliphatic carboxylic acids is 1. The minimum Gasteiger partial charge on any atom is -0.494 e. The number of hydrogen-bond acceptors (Lipinski definition) is 4. The zero-order chi connectivity index (χ0) is 16.8. The Hall–Kier alpha value is -2.51. The molecule has 2 rings (SSSR count). The number of amides is 2. The lowest BCUT2D eigenvalue weighted by atomic mass is 10.2. The normalized spacial score (nSPS) is 14.5. The first-order valence-corrected chi connectivity index (χ1v) is 7.34. The van der Waals surface area contributed by atoms with E-state index >= 15 is 0 Å². The molecule has 0 aromatic heterocycles. The van der Waals surface area contributed by atoms with Crippen LogP contribution in [-0.4, -0.2) is 61.8 Å². The molecule has 2 N–H and O–H groups in total. The predicted octanol–water partition coefficient (Wildman–Crippen LogP) is 1.14. The van der Waals surface area contributed by atoms with E-state index in [1.807, 2.05) is 4.90 Å². The summed E-state index contributed by atoms with van der Waals surface area (Å²) in [6.07, 6.45) is -0.0962. The number of carbonyl (C=O) groups excluding carboxylic acids is 1. The zero-order valence-corrected chi connectivity index (χ0v) is 12.9. The van der Waals surface area contributed by atoms with Crippen molar-refractivity contribution in [1.29, 1.82) is 0 Å². The fraction of sp³-hybridized carbons (Fsp3) is 0.467. The lowest BCUT2D eigenvalue weighted by Gasteiger charge is -2.36. The molecule has 1 aliphatic rings. The third-order valence-corrected chi connectivity index (χ3v) is 3.68. The average Bonchev–Trinajstić information content (AvgIpc) is 2.55. The smallest absolute Gasteiger partial charge is 0.317 e. The topological polar surface area (TPSA) is 82.1 Å². The second kappa shape index (κ2) is 7.66. The van der Waals surface area contributed by atoms with Gasteiger partial charge in [0.1, 0.15) is 0 Å². The Bertz CT molecular complexity index is 574. The maximum absolute atomic E-state index is 13.4. The van der Waals surface area contributed by atoms with E-state index in [2.05, 4.69) is 5.32 Å². The van der Waals surface area contributed by atoms with Crippen LogP contribution in [0, 0.1) is 5.82 Å². The molecule has 1 fully saturated rings. The van der Waals surface area contributed by atoms with Crippen molar-refractivity contribution in [3.8, 4) is 5.75 Å². The predicted molar refractivity (Wildman–Crippen MR) is 82.4 cm³/mol. The molecule has 0 bridgehead atoms. The summed E-state index contributed by atoms with van der Waals surface area (Å²) in [4.78, 5) is 26.0. The molecule has 0 saturated carbocycles. The van der Waals surface area contributed by atoms with E-state index in [-0.39, 0.29) is 24.7 Å². The van der Waals surface area contributed by atoms with Crippen molar-refractivity contribution in [3.05, 3.63) is 24.0 Å². The Morgan fingerprint density at radius 3 is 2.61 bits per heavy atom. The number of carboxylic acid groups (broad SMARTS) is 1. The first-order valence-electron chi connectivity index (χ1n) is 7.34. The van der Waals surface area contributed by atoms with Crippen LogP contribution in [0.2, 0.25) is 0 Å². The van der Waals surface area contributed by atoms with Gasteiger partial charge in [0, 0.05) is 44.5 Å². The summed E-state index contributed by atoms with van der Waals surface area (Å²) in [5.74, 6) is -1.16. The second-order valence-electron chi connectivity index (χ2n) is 5.17. The van der Waals surface area contributed by atoms with Gasteiger partial charge in [-0.1, -0.05) is 0 Å². The molecule has 0 atom stereocenters. The van der Waals surface area contributed by atoms with Crippen molar-refractivity contribution in [2.75, 3.05) is 44.7 Å². The minimum atomic E-state index is -0.944. The van der Waals surface area contributed by atoms with Gasteiger partial charge in [-0.15, -0.1) is 0 Å². The van der Waals surface area contributed by atoms with E-state index in [9.17, 15) is 14.0 Å². The lowest BCUT2D eigenvalue weighted by Crippen LogP contribution is -2.52. The maximum atomic E-state index is 13.4. The van der Waals surface area contributed by atoms with E-state index < -0.39 is 11.8 Å². The number of urea groups is 1. The number of piperazine rings is 1. The van der Waals surface area contributed by atoms with Gasteiger partial charge in [0.2, 0.25) is 0 Å². The Morgan fingerprint density at radius 2 is 2.00 bits per heavy atom. The molecule has 23 heavy (non-hydrogen) atoms. The number of nitrogens with one attached hydrogen (secondary N) is 1. The van der Waals surface area contributed by atoms with Crippen LogP contribution in [0.1, 0.15) is 6.42 Å². The average molecular weight is 325 g/mol. The molecule has 1 heterocycles. The summed E-state index contributed by atoms with van der Waals surface area (Å²) in [5.41, 5.74) is 0.842. The molecule has 1 aromatic carbocycles. The highest BCUT2D eigenvalue weighted by molar-refractivity contribution is 5.75. The van der Waals surface area contributed by atoms with Crippen molar-refractivity contribution in [2.24, 2.45) is 0 Å². The fourth-order valence-electron chi connectivity index (χ4n) is 2.40. The highest BCUT2D eigenvalue weighted by Gasteiger charge is 2.21. The molecule has 1 aromatic rings. The summed E-state index contributed by atoms with van der Waals surface area (Å²) in [7, 11) is 1.42. The molecule has 1 saturated heterocycles. The summed E-state index contributed by atoms with van der Waals surface area (Å²) >= 11 is 0. The van der Waals surface area contributed by atoms with Crippen LogP contribution >= 0.6 is 0 Å². The molecule has 0 aliphatic carbocycles. The quantitative estimate of drug-likeness (QED) is 0.848. The van der Waals surface area contributed by atoms with Gasteiger partial charge < -0.3 is 25.0 Å². The minimum absolute atomic E-state index is 0.0962. The zero-order valence-electron chi connectivity index (χ0n) is 12.9. The van der Waals surface area contributed by atoms with Crippen molar-refractivity contribution in [1.82, 2.24) is 10.2 Å². The Kier molecular flexibility index (Phi) is 5.61. The molecule has 0 radical (unpaired) electrons. The van der Waals surface area contributed by atoms with Gasteiger partial charge in [0.05, 0.1) is 13.5 Å². The fourth-order valence-corrected chi connectivity index (χ4v) is 2.40. The number of methoxy groups -OCH3 is 1. The number of ether oxygens (including phenoxy) is 1. The van der Waals surface area contributed by atoms with Gasteiger partial charge in [-0.25, -0.2) is 9.18 Å². The molecule has 0 unspecified atom stereocenters. The number of benzene rings is 1. The summed E-state index contributed by atoms with van der Waals surface area (Å²) < 4.78 is 18.4. The van der Waals surface area contributed by atoms with Gasteiger partial charge in [0.15, 0.2) is 11.6 Å². The first-order chi connectivity index (χ1) is 11.0. The van der Waals surface area contributed by atoms with Gasteiger partial charge in [-0.05, 0) is 12.1 Å². The molecule has 1 aliphatic heterocycles. The molecule has 2 amide bonds. The molecule has 8 heteroatoms. The van der Waals surface area contributed by atoms with Crippen LogP contribution < -0.4 is 15.0 Å². The van der Waals surface area contributed by atoms with Gasteiger partial charge in [0.25, 0.3) is 0 Å². The van der Waals surface area contributed by atoms with Crippen LogP contribution in [0.4, 0.5) is 14.9 Å². The van der Waals surface area contributed by atoms with Crippen LogP contribution in [0.25, 0.3) is 0 Å². The van der Waals surface area contributed by atoms with E-state index in [4.69, 9.17) is 9.84 Å². The largest absolute Gasteiger partial charge is 0.494 e. The first kappa shape index (κ1) is 16.9. The number of rotatable bonds is 5. The molecule has 7 nitrogen and oxygen atoms in total. The third kappa shape index (κ3) is 4.48. The van der Waals surface area contributed by atoms with Crippen LogP contribution in [0.5, 0.6) is 5.75 Å². The summed E-state index contributed by atoms with van der Waals surface area (Å²) in [5, 5.41) is 11.1. The lowest BCUT2D eigenvalue weighted by molar-refractivity contribution is -0.136. The van der Waals surface area contributed by atoms with Crippen molar-refractivity contribution < 1.29 is 23.8 Å². The van der Waals surface area contributed by atoms with Crippen molar-refractivity contribution in [2.45, 2.75) is 6.42 Å². The third-order valence-electron chi connectivity index (χ3n) is 3.68. The molecular formula is C15H20FN3O4. The number of carbonyl (C=O) groups is 2. The summed E-state index contributed by atoms with van der Waals surface area (Å²) in [6, 6.07) is 4.42. The SMILES string of the molecule is COc1cc(N2CCN(C(=O)NCCC(=O)O)CC2)ccc1F. The monoisotopic (exact) mass is 325 g/mol. The van der Waals surface area contributed by atoms with Crippen molar-refractivity contribution in [3.63, 3.8) is 0 Å². The van der Waals surface area contributed by atoms with Crippen LogP contribution in [0.3, 0.4) is 0 Å². The van der Waals surface area contributed by atoms with Crippen LogP contribution in [-0.2, 0) is 4.79 Å². The van der Waals surface area contributed by atoms with Gasteiger partial charge in [-0.2, -0.15) is 0 Å². The maximum Gasteiger partial charge on any atom is 0.317 e. The molecular weight excluding hydrogens is 305 g/mol. The van der Waals surface area contributed by atoms with Gasteiger partial charge in [-0.3, -0.25) is 4.79 Å².